The van der Waals surface area contributed by atoms with Gasteiger partial charge < -0.3 is 14.8 Å². The van der Waals surface area contributed by atoms with Gasteiger partial charge in [0, 0.05) is 12.6 Å². The van der Waals surface area contributed by atoms with Gasteiger partial charge in [-0.2, -0.15) is 0 Å². The van der Waals surface area contributed by atoms with E-state index in [0.29, 0.717) is 0 Å². The summed E-state index contributed by atoms with van der Waals surface area (Å²) in [4.78, 5) is 0. The molecule has 0 aromatic heterocycles. The van der Waals surface area contributed by atoms with Gasteiger partial charge >= 0.3 is 0 Å². The fourth-order valence-electron chi connectivity index (χ4n) is 5.54. The van der Waals surface area contributed by atoms with E-state index in [-0.39, 0.29) is 0 Å². The lowest BCUT2D eigenvalue weighted by Crippen LogP contribution is -2.38. The van der Waals surface area contributed by atoms with Crippen LogP contribution >= 0.6 is 0 Å². The van der Waals surface area contributed by atoms with Gasteiger partial charge in [-0.05, 0) is 67.1 Å². The van der Waals surface area contributed by atoms with Crippen molar-refractivity contribution in [3.05, 3.63) is 23.8 Å². The number of nitrogens with one attached hydrogen (secondary N) is 1. The van der Waals surface area contributed by atoms with Gasteiger partial charge in [-0.25, -0.2) is 0 Å². The van der Waals surface area contributed by atoms with Crippen molar-refractivity contribution in [2.75, 3.05) is 14.2 Å². The van der Waals surface area contributed by atoms with E-state index >= 15 is 0 Å². The van der Waals surface area contributed by atoms with Crippen LogP contribution in [0, 0.1) is 23.7 Å². The maximum absolute atomic E-state index is 5.40. The molecule has 3 aliphatic carbocycles. The molecule has 5 atom stereocenters. The van der Waals surface area contributed by atoms with Crippen LogP contribution in [0.4, 0.5) is 0 Å². The van der Waals surface area contributed by atoms with Crippen LogP contribution in [0.2, 0.25) is 0 Å². The first-order valence-corrected chi connectivity index (χ1v) is 8.74. The minimum atomic E-state index is 0.734. The fourth-order valence-corrected chi connectivity index (χ4v) is 5.54. The third kappa shape index (κ3) is 2.30. The van der Waals surface area contributed by atoms with Crippen LogP contribution in [0.25, 0.3) is 0 Å². The Kier molecular flexibility index (Phi) is 3.77. The van der Waals surface area contributed by atoms with Crippen molar-refractivity contribution in [3.63, 3.8) is 0 Å². The van der Waals surface area contributed by atoms with Gasteiger partial charge in [0.05, 0.1) is 14.2 Å². The molecule has 3 nitrogen and oxygen atoms in total. The molecule has 0 heterocycles. The molecule has 1 aromatic carbocycles. The van der Waals surface area contributed by atoms with Crippen LogP contribution in [-0.2, 0) is 6.54 Å². The van der Waals surface area contributed by atoms with E-state index in [2.05, 4.69) is 17.4 Å². The lowest BCUT2D eigenvalue weighted by atomic mass is 9.79. The summed E-state index contributed by atoms with van der Waals surface area (Å²) in [5, 5.41) is 3.83. The Bertz CT molecular complexity index is 544. The number of rotatable bonds is 5. The van der Waals surface area contributed by atoms with Crippen LogP contribution < -0.4 is 14.8 Å². The average Bonchev–Trinajstić information content (AvgIpc) is 3.24. The lowest BCUT2D eigenvalue weighted by molar-refractivity contribution is 0.208. The Morgan fingerprint density at radius 2 is 1.82 bits per heavy atom. The normalized spacial score (nSPS) is 35.6. The number of ether oxygens (including phenoxy) is 2. The first-order valence-electron chi connectivity index (χ1n) is 8.74. The molecule has 0 aliphatic heterocycles. The van der Waals surface area contributed by atoms with Crippen molar-refractivity contribution in [1.82, 2.24) is 5.32 Å². The van der Waals surface area contributed by atoms with Crippen molar-refractivity contribution in [3.8, 4) is 11.5 Å². The molecule has 0 amide bonds. The van der Waals surface area contributed by atoms with Gasteiger partial charge in [0.15, 0.2) is 11.5 Å². The molecule has 3 aliphatic rings. The molecule has 1 aromatic rings. The molecule has 0 radical (unpaired) electrons. The van der Waals surface area contributed by atoms with E-state index in [4.69, 9.17) is 9.47 Å². The molecule has 0 saturated heterocycles. The summed E-state index contributed by atoms with van der Waals surface area (Å²) < 4.78 is 10.7. The molecule has 5 unspecified atom stereocenters. The standard InChI is InChI=1S/C19H27NO2/c1-21-18-7-6-12(8-19(18)22-2)11-20-17-10-13-9-16(17)15-5-3-4-14(13)15/h6-8,13-17,20H,3-5,9-11H2,1-2H3. The largest absolute Gasteiger partial charge is 0.493 e. The number of benzene rings is 1. The number of methoxy groups -OCH3 is 2. The predicted molar refractivity (Wildman–Crippen MR) is 87.2 cm³/mol. The number of hydrogen-bond donors (Lipinski definition) is 1. The van der Waals surface area contributed by atoms with E-state index in [0.717, 1.165) is 47.8 Å². The molecule has 3 heteroatoms. The third-order valence-electron chi connectivity index (χ3n) is 6.45. The first kappa shape index (κ1) is 14.4. The highest BCUT2D eigenvalue weighted by molar-refractivity contribution is 5.42. The highest BCUT2D eigenvalue weighted by atomic mass is 16.5. The van der Waals surface area contributed by atoms with Crippen molar-refractivity contribution < 1.29 is 9.47 Å². The monoisotopic (exact) mass is 301 g/mol. The second-order valence-corrected chi connectivity index (χ2v) is 7.33. The predicted octanol–water partition coefficient (Wildman–Crippen LogP) is 3.62. The summed E-state index contributed by atoms with van der Waals surface area (Å²) in [5.41, 5.74) is 1.28. The zero-order valence-corrected chi connectivity index (χ0v) is 13.7. The smallest absolute Gasteiger partial charge is 0.161 e. The quantitative estimate of drug-likeness (QED) is 0.901. The lowest BCUT2D eigenvalue weighted by Gasteiger charge is -2.32. The van der Waals surface area contributed by atoms with Crippen LogP contribution in [0.1, 0.15) is 37.7 Å². The maximum atomic E-state index is 5.40. The third-order valence-corrected chi connectivity index (χ3v) is 6.45. The van der Waals surface area contributed by atoms with Crippen molar-refractivity contribution in [2.24, 2.45) is 23.7 Å². The Labute approximate surface area is 133 Å². The Balaban J connectivity index is 1.39. The minimum absolute atomic E-state index is 0.734. The molecule has 3 fully saturated rings. The summed E-state index contributed by atoms with van der Waals surface area (Å²) in [6, 6.07) is 6.97. The molecule has 0 spiro atoms. The highest BCUT2D eigenvalue weighted by Gasteiger charge is 2.53. The van der Waals surface area contributed by atoms with Gasteiger partial charge in [0.1, 0.15) is 0 Å². The minimum Gasteiger partial charge on any atom is -0.493 e. The fraction of sp³-hybridized carbons (Fsp3) is 0.684. The van der Waals surface area contributed by atoms with Crippen LogP contribution in [0.15, 0.2) is 18.2 Å². The topological polar surface area (TPSA) is 30.5 Å². The molecule has 3 saturated carbocycles. The zero-order chi connectivity index (χ0) is 15.1. The van der Waals surface area contributed by atoms with E-state index in [1.807, 2.05) is 6.07 Å². The molecule has 1 N–H and O–H groups in total. The SMILES string of the molecule is COc1ccc(CNC2CC3CC2C2CCCC32)cc1OC. The summed E-state index contributed by atoms with van der Waals surface area (Å²) in [6.07, 6.45) is 7.36. The molecular weight excluding hydrogens is 274 g/mol. The Morgan fingerprint density at radius 3 is 2.64 bits per heavy atom. The molecular formula is C19H27NO2. The molecule has 120 valence electrons. The Hall–Kier alpha value is -1.22. The van der Waals surface area contributed by atoms with Crippen molar-refractivity contribution >= 4 is 0 Å². The van der Waals surface area contributed by atoms with Gasteiger partial charge in [0.25, 0.3) is 0 Å². The summed E-state index contributed by atoms with van der Waals surface area (Å²) in [6.45, 7) is 0.936. The zero-order valence-electron chi connectivity index (χ0n) is 13.7. The van der Waals surface area contributed by atoms with Crippen molar-refractivity contribution in [1.29, 1.82) is 0 Å². The second kappa shape index (κ2) is 5.77. The average molecular weight is 301 g/mol. The summed E-state index contributed by atoms with van der Waals surface area (Å²) >= 11 is 0. The Morgan fingerprint density at radius 1 is 1.00 bits per heavy atom. The van der Waals surface area contributed by atoms with Crippen molar-refractivity contribution in [2.45, 2.75) is 44.7 Å². The van der Waals surface area contributed by atoms with Gasteiger partial charge in [0.2, 0.25) is 0 Å². The molecule has 4 rings (SSSR count). The second-order valence-electron chi connectivity index (χ2n) is 7.33. The van der Waals surface area contributed by atoms with E-state index in [1.165, 1.54) is 37.7 Å². The van der Waals surface area contributed by atoms with E-state index < -0.39 is 0 Å². The first-order chi connectivity index (χ1) is 10.8. The van der Waals surface area contributed by atoms with Gasteiger partial charge in [-0.1, -0.05) is 12.5 Å². The number of fused-ring (bicyclic) bond motifs is 5. The van der Waals surface area contributed by atoms with Crippen LogP contribution in [0.3, 0.4) is 0 Å². The summed E-state index contributed by atoms with van der Waals surface area (Å²) in [5.74, 6) is 5.69. The van der Waals surface area contributed by atoms with E-state index in [1.54, 1.807) is 14.2 Å². The van der Waals surface area contributed by atoms with E-state index in [9.17, 15) is 0 Å². The summed E-state index contributed by atoms with van der Waals surface area (Å²) in [7, 11) is 3.38. The molecule has 2 bridgehead atoms. The molecule has 22 heavy (non-hydrogen) atoms. The van der Waals surface area contributed by atoms with Gasteiger partial charge in [-0.3, -0.25) is 0 Å². The van der Waals surface area contributed by atoms with Crippen LogP contribution in [0.5, 0.6) is 11.5 Å². The van der Waals surface area contributed by atoms with Crippen LogP contribution in [-0.4, -0.2) is 20.3 Å². The van der Waals surface area contributed by atoms with Gasteiger partial charge in [-0.15, -0.1) is 0 Å². The highest BCUT2D eigenvalue weighted by Crippen LogP contribution is 2.58. The number of hydrogen-bond acceptors (Lipinski definition) is 3. The maximum Gasteiger partial charge on any atom is 0.161 e.